The highest BCUT2D eigenvalue weighted by molar-refractivity contribution is 5.86. The van der Waals surface area contributed by atoms with E-state index in [4.69, 9.17) is 0 Å². The second-order valence-corrected chi connectivity index (χ2v) is 4.89. The summed E-state index contributed by atoms with van der Waals surface area (Å²) in [7, 11) is 3.88. The number of aromatic nitrogens is 3. The number of imidazole rings is 1. The Kier molecular flexibility index (Phi) is 2.79. The lowest BCUT2D eigenvalue weighted by atomic mass is 10.1. The first-order chi connectivity index (χ1) is 7.97. The summed E-state index contributed by atoms with van der Waals surface area (Å²) in [6.45, 7) is 4.00. The zero-order chi connectivity index (χ0) is 12.6. The molecule has 2 aromatic rings. The molecule has 2 heterocycles. The summed E-state index contributed by atoms with van der Waals surface area (Å²) in [6.07, 6.45) is 3.54. The Morgan fingerprint density at radius 2 is 2.12 bits per heavy atom. The Hall–Kier alpha value is -1.62. The maximum Gasteiger partial charge on any atom is 0.157 e. The third kappa shape index (κ3) is 1.86. The Morgan fingerprint density at radius 1 is 1.41 bits per heavy atom. The molecule has 1 N–H and O–H groups in total. The highest BCUT2D eigenvalue weighted by Crippen LogP contribution is 2.26. The molecule has 2 aromatic heterocycles. The molecule has 2 rings (SSSR count). The summed E-state index contributed by atoms with van der Waals surface area (Å²) in [5.74, 6) is 0.794. The Labute approximate surface area is 101 Å². The van der Waals surface area contributed by atoms with Crippen molar-refractivity contribution in [1.82, 2.24) is 14.5 Å². The third-order valence-corrected chi connectivity index (χ3v) is 3.24. The van der Waals surface area contributed by atoms with E-state index >= 15 is 0 Å². The molecule has 5 heteroatoms. The topological polar surface area (TPSA) is 54.2 Å². The molecular weight excluding hydrogens is 216 g/mol. The number of likely N-dealkylation sites (N-methyl/N-ethyl adjacent to an activating group) is 1. The summed E-state index contributed by atoms with van der Waals surface area (Å²) in [6, 6.07) is 1.94. The molecule has 0 unspecified atom stereocenters. The first-order valence-corrected chi connectivity index (χ1v) is 5.58. The van der Waals surface area contributed by atoms with Crippen LogP contribution in [0.5, 0.6) is 0 Å². The van der Waals surface area contributed by atoms with Crippen LogP contribution in [-0.4, -0.2) is 38.8 Å². The zero-order valence-corrected chi connectivity index (χ0v) is 10.7. The standard InChI is InChI=1S/C12H18N4O/c1-12(2,7-17)16(4)11-10-9(5-6-13-11)15(3)8-14-10/h5-6,8,17H,7H2,1-4H3. The number of anilines is 1. The molecule has 0 saturated carbocycles. The fourth-order valence-corrected chi connectivity index (χ4v) is 1.69. The number of pyridine rings is 1. The van der Waals surface area contributed by atoms with Gasteiger partial charge < -0.3 is 14.6 Å². The van der Waals surface area contributed by atoms with E-state index in [9.17, 15) is 5.11 Å². The number of aliphatic hydroxyl groups excluding tert-OH is 1. The molecule has 0 atom stereocenters. The first-order valence-electron chi connectivity index (χ1n) is 5.58. The van der Waals surface area contributed by atoms with Crippen LogP contribution in [0.4, 0.5) is 5.82 Å². The third-order valence-electron chi connectivity index (χ3n) is 3.24. The normalized spacial score (nSPS) is 12.1. The summed E-state index contributed by atoms with van der Waals surface area (Å²) in [4.78, 5) is 10.7. The van der Waals surface area contributed by atoms with E-state index < -0.39 is 0 Å². The van der Waals surface area contributed by atoms with Crippen LogP contribution in [-0.2, 0) is 7.05 Å². The van der Waals surface area contributed by atoms with Crippen LogP contribution in [0.2, 0.25) is 0 Å². The number of hydrogen-bond donors (Lipinski definition) is 1. The van der Waals surface area contributed by atoms with E-state index in [0.717, 1.165) is 16.9 Å². The molecule has 0 aliphatic heterocycles. The monoisotopic (exact) mass is 234 g/mol. The van der Waals surface area contributed by atoms with Crippen molar-refractivity contribution in [3.63, 3.8) is 0 Å². The van der Waals surface area contributed by atoms with Crippen molar-refractivity contribution in [3.05, 3.63) is 18.6 Å². The van der Waals surface area contributed by atoms with Gasteiger partial charge in [-0.25, -0.2) is 9.97 Å². The largest absolute Gasteiger partial charge is 0.394 e. The molecule has 0 aliphatic carbocycles. The van der Waals surface area contributed by atoms with Crippen molar-refractivity contribution >= 4 is 16.9 Å². The number of rotatable bonds is 3. The van der Waals surface area contributed by atoms with Gasteiger partial charge in [0.1, 0.15) is 5.52 Å². The Morgan fingerprint density at radius 3 is 2.76 bits per heavy atom. The number of nitrogens with zero attached hydrogens (tertiary/aromatic N) is 4. The number of aliphatic hydroxyl groups is 1. The van der Waals surface area contributed by atoms with Gasteiger partial charge in [-0.15, -0.1) is 0 Å². The van der Waals surface area contributed by atoms with Gasteiger partial charge in [0.25, 0.3) is 0 Å². The number of aryl methyl sites for hydroxylation is 1. The summed E-state index contributed by atoms with van der Waals surface area (Å²) in [5.41, 5.74) is 1.54. The summed E-state index contributed by atoms with van der Waals surface area (Å²) < 4.78 is 1.96. The van der Waals surface area contributed by atoms with Gasteiger partial charge in [0.2, 0.25) is 0 Å². The van der Waals surface area contributed by atoms with Crippen molar-refractivity contribution in [3.8, 4) is 0 Å². The second-order valence-electron chi connectivity index (χ2n) is 4.89. The molecule has 0 spiro atoms. The van der Waals surface area contributed by atoms with E-state index in [1.165, 1.54) is 0 Å². The van der Waals surface area contributed by atoms with E-state index in [1.807, 2.05) is 43.5 Å². The first kappa shape index (κ1) is 11.9. The van der Waals surface area contributed by atoms with Crippen LogP contribution in [0.3, 0.4) is 0 Å². The molecule has 0 aromatic carbocycles. The SMILES string of the molecule is CN(c1nccc2c1ncn2C)C(C)(C)CO. The van der Waals surface area contributed by atoms with Crippen molar-refractivity contribution in [2.45, 2.75) is 19.4 Å². The average Bonchev–Trinajstić information content (AvgIpc) is 2.70. The summed E-state index contributed by atoms with van der Waals surface area (Å²) >= 11 is 0. The van der Waals surface area contributed by atoms with Gasteiger partial charge in [-0.2, -0.15) is 0 Å². The smallest absolute Gasteiger partial charge is 0.157 e. The predicted octanol–water partition coefficient (Wildman–Crippen LogP) is 1.18. The Bertz CT molecular complexity index is 532. The van der Waals surface area contributed by atoms with E-state index in [1.54, 1.807) is 12.5 Å². The predicted molar refractivity (Wildman–Crippen MR) is 68.1 cm³/mol. The molecule has 92 valence electrons. The van der Waals surface area contributed by atoms with Gasteiger partial charge in [0, 0.05) is 20.3 Å². The molecule has 0 saturated heterocycles. The molecule has 0 radical (unpaired) electrons. The van der Waals surface area contributed by atoms with E-state index in [0.29, 0.717) is 0 Å². The maximum absolute atomic E-state index is 9.41. The molecule has 17 heavy (non-hydrogen) atoms. The van der Waals surface area contributed by atoms with Crippen molar-refractivity contribution in [2.75, 3.05) is 18.6 Å². The highest BCUT2D eigenvalue weighted by atomic mass is 16.3. The van der Waals surface area contributed by atoms with Gasteiger partial charge in [0.15, 0.2) is 5.82 Å². The van der Waals surface area contributed by atoms with Gasteiger partial charge in [-0.3, -0.25) is 0 Å². The minimum atomic E-state index is -0.362. The fraction of sp³-hybridized carbons (Fsp3) is 0.500. The van der Waals surface area contributed by atoms with Crippen molar-refractivity contribution < 1.29 is 5.11 Å². The second kappa shape index (κ2) is 4.00. The summed E-state index contributed by atoms with van der Waals surface area (Å²) in [5, 5.41) is 9.41. The van der Waals surface area contributed by atoms with Crippen LogP contribution < -0.4 is 4.90 Å². The maximum atomic E-state index is 9.41. The van der Waals surface area contributed by atoms with Crippen LogP contribution in [0.1, 0.15) is 13.8 Å². The number of hydrogen-bond acceptors (Lipinski definition) is 4. The van der Waals surface area contributed by atoms with E-state index in [2.05, 4.69) is 9.97 Å². The molecular formula is C12H18N4O. The number of fused-ring (bicyclic) bond motifs is 1. The minimum Gasteiger partial charge on any atom is -0.394 e. The lowest BCUT2D eigenvalue weighted by Gasteiger charge is -2.34. The van der Waals surface area contributed by atoms with Crippen LogP contribution >= 0.6 is 0 Å². The van der Waals surface area contributed by atoms with Crippen LogP contribution in [0.15, 0.2) is 18.6 Å². The highest BCUT2D eigenvalue weighted by Gasteiger charge is 2.25. The lowest BCUT2D eigenvalue weighted by molar-refractivity contribution is 0.216. The van der Waals surface area contributed by atoms with E-state index in [-0.39, 0.29) is 12.1 Å². The quantitative estimate of drug-likeness (QED) is 0.866. The van der Waals surface area contributed by atoms with Gasteiger partial charge in [-0.05, 0) is 19.9 Å². The van der Waals surface area contributed by atoms with Gasteiger partial charge in [0.05, 0.1) is 24.0 Å². The molecule has 0 fully saturated rings. The lowest BCUT2D eigenvalue weighted by Crippen LogP contribution is -2.44. The minimum absolute atomic E-state index is 0.0639. The van der Waals surface area contributed by atoms with Gasteiger partial charge in [-0.1, -0.05) is 0 Å². The van der Waals surface area contributed by atoms with Crippen molar-refractivity contribution in [1.29, 1.82) is 0 Å². The van der Waals surface area contributed by atoms with Gasteiger partial charge >= 0.3 is 0 Å². The van der Waals surface area contributed by atoms with Crippen LogP contribution in [0.25, 0.3) is 11.0 Å². The molecule has 5 nitrogen and oxygen atoms in total. The fourth-order valence-electron chi connectivity index (χ4n) is 1.69. The molecule has 0 bridgehead atoms. The zero-order valence-electron chi connectivity index (χ0n) is 10.7. The average molecular weight is 234 g/mol. The Balaban J connectivity index is 2.56. The molecule has 0 aliphatic rings. The molecule has 0 amide bonds. The van der Waals surface area contributed by atoms with Crippen molar-refractivity contribution in [2.24, 2.45) is 7.05 Å². The van der Waals surface area contributed by atoms with Crippen LogP contribution in [0, 0.1) is 0 Å².